The van der Waals surface area contributed by atoms with Crippen LogP contribution in [0.5, 0.6) is 0 Å². The number of aryl methyl sites for hydroxylation is 3. The molecule has 6 nitrogen and oxygen atoms in total. The van der Waals surface area contributed by atoms with Gasteiger partial charge in [-0.05, 0) is 68.3 Å². The maximum absolute atomic E-state index is 13.6. The van der Waals surface area contributed by atoms with Gasteiger partial charge < -0.3 is 11.1 Å². The van der Waals surface area contributed by atoms with Crippen LogP contribution in [0.2, 0.25) is 0 Å². The zero-order chi connectivity index (χ0) is 22.7. The normalized spacial score (nSPS) is 12.1. The van der Waals surface area contributed by atoms with Gasteiger partial charge in [-0.2, -0.15) is 0 Å². The molecule has 8 heteroatoms. The molecule has 0 spiro atoms. The molecule has 31 heavy (non-hydrogen) atoms. The first-order valence-corrected chi connectivity index (χ1v) is 10.6. The number of carbonyl (C=O) groups is 2. The average Bonchev–Trinajstić information content (AvgIpc) is 3.12. The molecule has 0 fully saturated rings. The van der Waals surface area contributed by atoms with Gasteiger partial charge in [-0.1, -0.05) is 18.2 Å². The summed E-state index contributed by atoms with van der Waals surface area (Å²) < 4.78 is 13.6. The minimum Gasteiger partial charge on any atom is -0.368 e. The summed E-state index contributed by atoms with van der Waals surface area (Å²) in [6, 6.07) is 8.91. The first kappa shape index (κ1) is 22.6. The summed E-state index contributed by atoms with van der Waals surface area (Å²) in [6.07, 6.45) is 0. The summed E-state index contributed by atoms with van der Waals surface area (Å²) in [6.45, 7) is 6.04. The van der Waals surface area contributed by atoms with E-state index in [1.165, 1.54) is 45.6 Å². The number of nitrogens with zero attached hydrogens (tertiary/aromatic N) is 2. The first-order chi connectivity index (χ1) is 14.7. The van der Waals surface area contributed by atoms with Gasteiger partial charge in [0.1, 0.15) is 11.9 Å². The third-order valence-electron chi connectivity index (χ3n) is 5.13. The molecule has 3 N–H and O–H groups in total. The lowest BCUT2D eigenvalue weighted by molar-refractivity contribution is -0.124. The lowest BCUT2D eigenvalue weighted by Gasteiger charge is -2.25. The van der Waals surface area contributed by atoms with Gasteiger partial charge in [-0.3, -0.25) is 14.5 Å². The molecule has 2 amide bonds. The van der Waals surface area contributed by atoms with Crippen LogP contribution in [0.3, 0.4) is 0 Å². The SMILES string of the molecule is Cc1cc(C)c(-c2csc(NC(=O)CN(C)C(C(N)=O)c3cccc(F)c3)n2)cc1C. The summed E-state index contributed by atoms with van der Waals surface area (Å²) >= 11 is 1.33. The second kappa shape index (κ2) is 9.36. The topological polar surface area (TPSA) is 88.3 Å². The number of nitrogens with two attached hydrogens (primary N) is 1. The Morgan fingerprint density at radius 1 is 1.16 bits per heavy atom. The standard InChI is InChI=1S/C23H25FN4O2S/c1-13-8-15(3)18(9-14(13)2)19-12-31-23(26-19)27-20(29)11-28(4)21(22(25)30)16-6-5-7-17(24)10-16/h5-10,12,21H,11H2,1-4H3,(H2,25,30)(H,26,27,29). The molecular formula is C23H25FN4O2S. The van der Waals surface area contributed by atoms with Crippen LogP contribution in [-0.4, -0.2) is 35.3 Å². The van der Waals surface area contributed by atoms with Gasteiger partial charge in [0.05, 0.1) is 12.2 Å². The highest BCUT2D eigenvalue weighted by atomic mass is 32.1. The van der Waals surface area contributed by atoms with Crippen molar-refractivity contribution in [3.63, 3.8) is 0 Å². The van der Waals surface area contributed by atoms with Gasteiger partial charge in [0.2, 0.25) is 11.8 Å². The maximum Gasteiger partial charge on any atom is 0.240 e. The number of hydrogen-bond acceptors (Lipinski definition) is 5. The molecule has 3 rings (SSSR count). The van der Waals surface area contributed by atoms with E-state index in [9.17, 15) is 14.0 Å². The van der Waals surface area contributed by atoms with Crippen LogP contribution in [0.1, 0.15) is 28.3 Å². The van der Waals surface area contributed by atoms with Gasteiger partial charge in [0, 0.05) is 10.9 Å². The van der Waals surface area contributed by atoms with E-state index in [1.54, 1.807) is 13.1 Å². The van der Waals surface area contributed by atoms with E-state index in [0.717, 1.165) is 16.8 Å². The zero-order valence-corrected chi connectivity index (χ0v) is 18.7. The largest absolute Gasteiger partial charge is 0.368 e. The highest BCUT2D eigenvalue weighted by Gasteiger charge is 2.25. The van der Waals surface area contributed by atoms with Crippen LogP contribution in [0.25, 0.3) is 11.3 Å². The molecule has 0 aliphatic carbocycles. The number of thiazole rings is 1. The molecule has 2 aromatic carbocycles. The number of likely N-dealkylation sites (N-methyl/N-ethyl adjacent to an activating group) is 1. The molecule has 0 bridgehead atoms. The second-order valence-corrected chi connectivity index (χ2v) is 8.47. The van der Waals surface area contributed by atoms with Crippen molar-refractivity contribution in [3.05, 3.63) is 69.8 Å². The Kier molecular flexibility index (Phi) is 6.82. The Morgan fingerprint density at radius 2 is 1.87 bits per heavy atom. The van der Waals surface area contributed by atoms with Crippen molar-refractivity contribution in [3.8, 4) is 11.3 Å². The monoisotopic (exact) mass is 440 g/mol. The van der Waals surface area contributed by atoms with Crippen molar-refractivity contribution in [1.82, 2.24) is 9.88 Å². The van der Waals surface area contributed by atoms with Crippen LogP contribution in [0.4, 0.5) is 9.52 Å². The van der Waals surface area contributed by atoms with Crippen molar-refractivity contribution in [2.75, 3.05) is 18.9 Å². The second-order valence-electron chi connectivity index (χ2n) is 7.61. The summed E-state index contributed by atoms with van der Waals surface area (Å²) in [5.41, 5.74) is 11.2. The average molecular weight is 441 g/mol. The molecule has 0 saturated heterocycles. The first-order valence-electron chi connectivity index (χ1n) is 9.74. The van der Waals surface area contributed by atoms with Crippen LogP contribution < -0.4 is 11.1 Å². The predicted molar refractivity (Wildman–Crippen MR) is 121 cm³/mol. The van der Waals surface area contributed by atoms with Gasteiger partial charge in [-0.15, -0.1) is 11.3 Å². The molecule has 1 atom stereocenters. The van der Waals surface area contributed by atoms with E-state index in [0.29, 0.717) is 10.7 Å². The fraction of sp³-hybridized carbons (Fsp3) is 0.261. The van der Waals surface area contributed by atoms with Crippen LogP contribution in [0, 0.1) is 26.6 Å². The van der Waals surface area contributed by atoms with Crippen molar-refractivity contribution in [2.24, 2.45) is 5.73 Å². The van der Waals surface area contributed by atoms with Crippen LogP contribution >= 0.6 is 11.3 Å². The molecule has 1 heterocycles. The highest BCUT2D eigenvalue weighted by molar-refractivity contribution is 7.14. The highest BCUT2D eigenvalue weighted by Crippen LogP contribution is 2.29. The van der Waals surface area contributed by atoms with Gasteiger partial charge in [0.15, 0.2) is 5.13 Å². The lowest BCUT2D eigenvalue weighted by Crippen LogP contribution is -2.39. The number of benzene rings is 2. The molecule has 0 saturated carbocycles. The lowest BCUT2D eigenvalue weighted by atomic mass is 9.99. The summed E-state index contributed by atoms with van der Waals surface area (Å²) in [5, 5.41) is 5.13. The quantitative estimate of drug-likeness (QED) is 0.582. The third kappa shape index (κ3) is 5.34. The van der Waals surface area contributed by atoms with Gasteiger partial charge in [0.25, 0.3) is 0 Å². The molecule has 0 aliphatic heterocycles. The van der Waals surface area contributed by atoms with E-state index in [2.05, 4.69) is 36.3 Å². The maximum atomic E-state index is 13.6. The number of amides is 2. The van der Waals surface area contributed by atoms with Crippen LogP contribution in [-0.2, 0) is 9.59 Å². The minimum atomic E-state index is -0.925. The summed E-state index contributed by atoms with van der Waals surface area (Å²) in [7, 11) is 1.59. The predicted octanol–water partition coefficient (Wildman–Crippen LogP) is 3.97. The number of rotatable bonds is 7. The number of carbonyl (C=O) groups excluding carboxylic acids is 2. The fourth-order valence-corrected chi connectivity index (χ4v) is 4.21. The molecule has 3 aromatic rings. The number of halogens is 1. The Balaban J connectivity index is 1.71. The summed E-state index contributed by atoms with van der Waals surface area (Å²) in [5.74, 6) is -1.48. The van der Waals surface area contributed by atoms with Crippen molar-refractivity contribution in [2.45, 2.75) is 26.8 Å². The van der Waals surface area contributed by atoms with E-state index in [4.69, 9.17) is 5.73 Å². The Morgan fingerprint density at radius 3 is 2.55 bits per heavy atom. The van der Waals surface area contributed by atoms with Crippen molar-refractivity contribution < 1.29 is 14.0 Å². The molecule has 1 unspecified atom stereocenters. The summed E-state index contributed by atoms with van der Waals surface area (Å²) in [4.78, 5) is 30.5. The Hall–Kier alpha value is -3.10. The molecule has 1 aromatic heterocycles. The van der Waals surface area contributed by atoms with E-state index in [1.807, 2.05) is 12.3 Å². The fourth-order valence-electron chi connectivity index (χ4n) is 3.48. The molecular weight excluding hydrogens is 415 g/mol. The van der Waals surface area contributed by atoms with Crippen molar-refractivity contribution >= 4 is 28.3 Å². The zero-order valence-electron chi connectivity index (χ0n) is 17.9. The number of hydrogen-bond donors (Lipinski definition) is 2. The Bertz CT molecular complexity index is 1130. The number of nitrogens with one attached hydrogen (secondary N) is 1. The van der Waals surface area contributed by atoms with Gasteiger partial charge >= 0.3 is 0 Å². The van der Waals surface area contributed by atoms with Gasteiger partial charge in [-0.25, -0.2) is 9.37 Å². The van der Waals surface area contributed by atoms with E-state index >= 15 is 0 Å². The number of aromatic nitrogens is 1. The van der Waals surface area contributed by atoms with E-state index in [-0.39, 0.29) is 12.5 Å². The number of anilines is 1. The smallest absolute Gasteiger partial charge is 0.240 e. The molecule has 0 aliphatic rings. The number of primary amides is 1. The molecule has 162 valence electrons. The Labute approximate surface area is 184 Å². The van der Waals surface area contributed by atoms with E-state index < -0.39 is 17.8 Å². The van der Waals surface area contributed by atoms with Crippen LogP contribution in [0.15, 0.2) is 41.8 Å². The third-order valence-corrected chi connectivity index (χ3v) is 5.89. The minimum absolute atomic E-state index is 0.109. The molecule has 0 radical (unpaired) electrons. The van der Waals surface area contributed by atoms with Crippen molar-refractivity contribution in [1.29, 1.82) is 0 Å².